The Kier molecular flexibility index (Phi) is 2.78. The Labute approximate surface area is 131 Å². The second-order valence-electron chi connectivity index (χ2n) is 7.42. The Morgan fingerprint density at radius 3 is 2.91 bits per heavy atom. The molecule has 4 unspecified atom stereocenters. The third kappa shape index (κ3) is 1.61. The van der Waals surface area contributed by atoms with Crippen LogP contribution in [-0.4, -0.2) is 15.8 Å². The molecule has 4 rings (SSSR count). The first kappa shape index (κ1) is 13.9. The number of phenols is 1. The van der Waals surface area contributed by atoms with Crippen molar-refractivity contribution in [1.29, 1.82) is 0 Å². The number of rotatable bonds is 0. The lowest BCUT2D eigenvalue weighted by atomic mass is 9.57. The van der Waals surface area contributed by atoms with Crippen molar-refractivity contribution in [2.24, 2.45) is 17.3 Å². The molecule has 0 saturated heterocycles. The van der Waals surface area contributed by atoms with E-state index in [4.69, 9.17) is 6.42 Å². The largest absolute Gasteiger partial charge is 0.508 e. The number of aromatic hydroxyl groups is 1. The summed E-state index contributed by atoms with van der Waals surface area (Å²) in [6.07, 6.45) is 12.6. The molecular weight excluding hydrogens is 272 g/mol. The number of aliphatic hydroxyl groups is 1. The second-order valence-corrected chi connectivity index (χ2v) is 7.42. The number of fused-ring (bicyclic) bond motifs is 5. The molecule has 0 spiro atoms. The molecule has 1 aromatic rings. The van der Waals surface area contributed by atoms with Gasteiger partial charge in [-0.05, 0) is 72.8 Å². The van der Waals surface area contributed by atoms with Crippen molar-refractivity contribution in [2.45, 2.75) is 44.6 Å². The number of aryl methyl sites for hydroxylation is 1. The standard InChI is InChI=1S/C20H22O2/c1-3-20(22)11-9-18-17-6-4-13-12-14(21)5-7-15(13)16(17)8-10-19(18,20)2/h1,5,7-8,12,17-18,21-22H,4,6,9-11H2,2H3. The number of hydrogen-bond acceptors (Lipinski definition) is 2. The van der Waals surface area contributed by atoms with Crippen LogP contribution in [0.4, 0.5) is 0 Å². The van der Waals surface area contributed by atoms with Crippen molar-refractivity contribution in [3.05, 3.63) is 35.4 Å². The van der Waals surface area contributed by atoms with E-state index in [0.29, 0.717) is 24.0 Å². The monoisotopic (exact) mass is 294 g/mol. The molecule has 4 atom stereocenters. The van der Waals surface area contributed by atoms with E-state index >= 15 is 0 Å². The van der Waals surface area contributed by atoms with Crippen molar-refractivity contribution in [1.82, 2.24) is 0 Å². The smallest absolute Gasteiger partial charge is 0.131 e. The minimum atomic E-state index is -0.963. The van der Waals surface area contributed by atoms with Gasteiger partial charge in [0.2, 0.25) is 0 Å². The summed E-state index contributed by atoms with van der Waals surface area (Å²) in [6, 6.07) is 5.72. The van der Waals surface area contributed by atoms with Gasteiger partial charge in [-0.1, -0.05) is 25.0 Å². The molecule has 0 amide bonds. The zero-order chi connectivity index (χ0) is 15.5. The van der Waals surface area contributed by atoms with Crippen molar-refractivity contribution >= 4 is 5.57 Å². The maximum absolute atomic E-state index is 10.9. The normalized spacial score (nSPS) is 39.2. The number of hydrogen-bond donors (Lipinski definition) is 2. The molecule has 0 radical (unpaired) electrons. The highest BCUT2D eigenvalue weighted by atomic mass is 16.3. The van der Waals surface area contributed by atoms with E-state index in [2.05, 4.69) is 18.9 Å². The molecule has 2 N–H and O–H groups in total. The lowest BCUT2D eigenvalue weighted by Gasteiger charge is -2.48. The van der Waals surface area contributed by atoms with Crippen molar-refractivity contribution in [3.63, 3.8) is 0 Å². The molecule has 3 aliphatic carbocycles. The molecular formula is C20H22O2. The Morgan fingerprint density at radius 1 is 1.32 bits per heavy atom. The molecule has 0 bridgehead atoms. The van der Waals surface area contributed by atoms with E-state index < -0.39 is 5.60 Å². The van der Waals surface area contributed by atoms with Gasteiger partial charge in [0.15, 0.2) is 0 Å². The SMILES string of the molecule is C#CC1(O)CCC2C3CCc4cc(O)ccc4C3=CCC21C. The summed E-state index contributed by atoms with van der Waals surface area (Å²) < 4.78 is 0. The predicted molar refractivity (Wildman–Crippen MR) is 87.1 cm³/mol. The predicted octanol–water partition coefficient (Wildman–Crippen LogP) is 3.52. The van der Waals surface area contributed by atoms with Gasteiger partial charge in [0.1, 0.15) is 11.4 Å². The third-order valence-corrected chi connectivity index (χ3v) is 6.57. The van der Waals surface area contributed by atoms with Gasteiger partial charge >= 0.3 is 0 Å². The van der Waals surface area contributed by atoms with Crippen LogP contribution < -0.4 is 0 Å². The van der Waals surface area contributed by atoms with Gasteiger partial charge in [0, 0.05) is 5.41 Å². The Hall–Kier alpha value is -1.72. The van der Waals surface area contributed by atoms with Crippen LogP contribution in [0.2, 0.25) is 0 Å². The lowest BCUT2D eigenvalue weighted by molar-refractivity contribution is -0.0299. The van der Waals surface area contributed by atoms with E-state index in [1.54, 1.807) is 6.07 Å². The Morgan fingerprint density at radius 2 is 2.14 bits per heavy atom. The molecule has 2 nitrogen and oxygen atoms in total. The number of terminal acetylenes is 1. The van der Waals surface area contributed by atoms with Crippen LogP contribution in [0.1, 0.15) is 43.7 Å². The molecule has 1 saturated carbocycles. The minimum Gasteiger partial charge on any atom is -0.508 e. The average molecular weight is 294 g/mol. The summed E-state index contributed by atoms with van der Waals surface area (Å²) in [5.41, 5.74) is 2.77. The van der Waals surface area contributed by atoms with Gasteiger partial charge < -0.3 is 10.2 Å². The quantitative estimate of drug-likeness (QED) is 0.719. The molecule has 1 fully saturated rings. The molecule has 0 aliphatic heterocycles. The van der Waals surface area contributed by atoms with Crippen LogP contribution in [0.25, 0.3) is 5.57 Å². The van der Waals surface area contributed by atoms with Gasteiger partial charge in [0.25, 0.3) is 0 Å². The van der Waals surface area contributed by atoms with Gasteiger partial charge in [-0.25, -0.2) is 0 Å². The Bertz CT molecular complexity index is 711. The van der Waals surface area contributed by atoms with E-state index in [0.717, 1.165) is 25.7 Å². The zero-order valence-corrected chi connectivity index (χ0v) is 13.0. The summed E-state index contributed by atoms with van der Waals surface area (Å²) in [7, 11) is 0. The number of benzene rings is 1. The molecule has 0 aromatic heterocycles. The van der Waals surface area contributed by atoms with Crippen LogP contribution in [0.15, 0.2) is 24.3 Å². The fourth-order valence-corrected chi connectivity index (χ4v) is 5.21. The molecule has 0 heterocycles. The summed E-state index contributed by atoms with van der Waals surface area (Å²) in [5, 5.41) is 20.6. The van der Waals surface area contributed by atoms with Crippen LogP contribution in [0.3, 0.4) is 0 Å². The fourth-order valence-electron chi connectivity index (χ4n) is 5.21. The number of phenolic OH excluding ortho intramolecular Hbond substituents is 1. The first-order chi connectivity index (χ1) is 10.5. The maximum Gasteiger partial charge on any atom is 0.131 e. The third-order valence-electron chi connectivity index (χ3n) is 6.57. The summed E-state index contributed by atoms with van der Waals surface area (Å²) >= 11 is 0. The van der Waals surface area contributed by atoms with Crippen molar-refractivity contribution in [3.8, 4) is 18.1 Å². The van der Waals surface area contributed by atoms with Gasteiger partial charge in [-0.3, -0.25) is 0 Å². The lowest BCUT2D eigenvalue weighted by Crippen LogP contribution is -2.47. The summed E-state index contributed by atoms with van der Waals surface area (Å²) in [5.74, 6) is 3.98. The molecule has 22 heavy (non-hydrogen) atoms. The highest BCUT2D eigenvalue weighted by molar-refractivity contribution is 5.74. The Balaban J connectivity index is 1.80. The van der Waals surface area contributed by atoms with Gasteiger partial charge in [0.05, 0.1) is 0 Å². The van der Waals surface area contributed by atoms with E-state index in [1.165, 1.54) is 16.7 Å². The van der Waals surface area contributed by atoms with E-state index in [-0.39, 0.29) is 5.41 Å². The average Bonchev–Trinajstić information content (AvgIpc) is 2.79. The van der Waals surface area contributed by atoms with Crippen LogP contribution in [0.5, 0.6) is 5.75 Å². The second kappa shape index (κ2) is 4.40. The van der Waals surface area contributed by atoms with Crippen molar-refractivity contribution in [2.75, 3.05) is 0 Å². The van der Waals surface area contributed by atoms with E-state index in [1.807, 2.05) is 12.1 Å². The molecule has 2 heteroatoms. The van der Waals surface area contributed by atoms with Crippen molar-refractivity contribution < 1.29 is 10.2 Å². The first-order valence-corrected chi connectivity index (χ1v) is 8.21. The van der Waals surface area contributed by atoms with Gasteiger partial charge in [-0.15, -0.1) is 6.42 Å². The first-order valence-electron chi connectivity index (χ1n) is 8.21. The van der Waals surface area contributed by atoms with Gasteiger partial charge in [-0.2, -0.15) is 0 Å². The molecule has 3 aliphatic rings. The summed E-state index contributed by atoms with van der Waals surface area (Å²) in [6.45, 7) is 2.17. The van der Waals surface area contributed by atoms with Crippen LogP contribution in [-0.2, 0) is 6.42 Å². The zero-order valence-electron chi connectivity index (χ0n) is 13.0. The maximum atomic E-state index is 10.9. The fraction of sp³-hybridized carbons (Fsp3) is 0.500. The minimum absolute atomic E-state index is 0.204. The highest BCUT2D eigenvalue weighted by Gasteiger charge is 2.59. The molecule has 1 aromatic carbocycles. The highest BCUT2D eigenvalue weighted by Crippen LogP contribution is 2.62. The summed E-state index contributed by atoms with van der Waals surface area (Å²) in [4.78, 5) is 0. The van der Waals surface area contributed by atoms with E-state index in [9.17, 15) is 10.2 Å². The number of allylic oxidation sites excluding steroid dienone is 2. The topological polar surface area (TPSA) is 40.5 Å². The molecule has 114 valence electrons. The van der Waals surface area contributed by atoms with Crippen LogP contribution in [0, 0.1) is 29.6 Å². The van der Waals surface area contributed by atoms with Crippen LogP contribution >= 0.6 is 0 Å².